The van der Waals surface area contributed by atoms with Gasteiger partial charge in [0.15, 0.2) is 5.76 Å². The number of ketones is 1. The molecule has 7 nitrogen and oxygen atoms in total. The number of Topliss-reactive ketones (excluding diaryl/α,β-unsaturated/α-hetero) is 1. The standard InChI is InChI=1S/C23H23FN4O3/c1-14-19(27-11-5-4-6-17(27)25-14)21(29)18-20(15-7-9-16(24)10-8-15)28(13-12-26(2)3)23(31)22(18)30/h4-11,20,29H,12-13H2,1-3H3/b21-18+/t20-/m0/s1. The second-order valence-corrected chi connectivity index (χ2v) is 7.82. The molecule has 1 aliphatic heterocycles. The summed E-state index contributed by atoms with van der Waals surface area (Å²) in [7, 11) is 3.73. The Kier molecular flexibility index (Phi) is 5.32. The van der Waals surface area contributed by atoms with E-state index in [-0.39, 0.29) is 17.9 Å². The molecule has 1 fully saturated rings. The van der Waals surface area contributed by atoms with E-state index in [1.807, 2.05) is 25.1 Å². The number of amides is 1. The monoisotopic (exact) mass is 422 g/mol. The summed E-state index contributed by atoms with van der Waals surface area (Å²) in [6.07, 6.45) is 1.74. The van der Waals surface area contributed by atoms with Crippen LogP contribution in [0.1, 0.15) is 23.0 Å². The first kappa shape index (κ1) is 20.7. The van der Waals surface area contributed by atoms with Crippen molar-refractivity contribution in [2.24, 2.45) is 0 Å². The Balaban J connectivity index is 1.92. The van der Waals surface area contributed by atoms with Gasteiger partial charge in [-0.15, -0.1) is 0 Å². The molecule has 4 rings (SSSR count). The highest BCUT2D eigenvalue weighted by Gasteiger charge is 2.46. The first-order valence-electron chi connectivity index (χ1n) is 9.92. The Morgan fingerprint density at radius 3 is 2.55 bits per heavy atom. The van der Waals surface area contributed by atoms with Gasteiger partial charge in [0.05, 0.1) is 17.3 Å². The van der Waals surface area contributed by atoms with Crippen molar-refractivity contribution in [3.05, 3.63) is 77.0 Å². The van der Waals surface area contributed by atoms with Crippen LogP contribution in [-0.4, -0.2) is 63.2 Å². The van der Waals surface area contributed by atoms with E-state index in [1.54, 1.807) is 29.7 Å². The van der Waals surface area contributed by atoms with Crippen molar-refractivity contribution in [2.75, 3.05) is 27.2 Å². The Bertz CT molecular complexity index is 1200. The lowest BCUT2D eigenvalue weighted by Gasteiger charge is -2.26. The number of hydrogen-bond acceptors (Lipinski definition) is 5. The molecule has 2 aromatic heterocycles. The topological polar surface area (TPSA) is 78.1 Å². The van der Waals surface area contributed by atoms with Crippen LogP contribution in [0.2, 0.25) is 0 Å². The number of aromatic nitrogens is 2. The Morgan fingerprint density at radius 1 is 1.16 bits per heavy atom. The molecule has 0 aliphatic carbocycles. The van der Waals surface area contributed by atoms with E-state index in [0.29, 0.717) is 29.1 Å². The zero-order valence-electron chi connectivity index (χ0n) is 17.5. The quantitative estimate of drug-likeness (QED) is 0.389. The van der Waals surface area contributed by atoms with E-state index < -0.39 is 23.5 Å². The molecule has 1 amide bonds. The summed E-state index contributed by atoms with van der Waals surface area (Å²) >= 11 is 0. The number of likely N-dealkylation sites (tertiary alicyclic amines) is 1. The Labute approximate surface area is 179 Å². The summed E-state index contributed by atoms with van der Waals surface area (Å²) < 4.78 is 15.2. The fraction of sp³-hybridized carbons (Fsp3) is 0.261. The van der Waals surface area contributed by atoms with Crippen molar-refractivity contribution in [3.63, 3.8) is 0 Å². The van der Waals surface area contributed by atoms with Gasteiger partial charge < -0.3 is 14.9 Å². The first-order valence-corrected chi connectivity index (χ1v) is 9.92. The molecule has 0 bridgehead atoms. The van der Waals surface area contributed by atoms with Gasteiger partial charge in [0.2, 0.25) is 0 Å². The summed E-state index contributed by atoms with van der Waals surface area (Å²) in [5.41, 5.74) is 2.02. The number of nitrogens with zero attached hydrogens (tertiary/aromatic N) is 4. The maximum absolute atomic E-state index is 13.6. The van der Waals surface area contributed by atoms with Gasteiger partial charge in [0.1, 0.15) is 17.2 Å². The van der Waals surface area contributed by atoms with Gasteiger partial charge in [-0.25, -0.2) is 9.37 Å². The highest BCUT2D eigenvalue weighted by Crippen LogP contribution is 2.39. The van der Waals surface area contributed by atoms with Gasteiger partial charge in [0, 0.05) is 19.3 Å². The van der Waals surface area contributed by atoms with Crippen LogP contribution in [0.5, 0.6) is 0 Å². The second kappa shape index (κ2) is 7.96. The van der Waals surface area contributed by atoms with E-state index in [4.69, 9.17) is 0 Å². The molecule has 0 unspecified atom stereocenters. The first-order chi connectivity index (χ1) is 14.8. The molecule has 160 valence electrons. The number of fused-ring (bicyclic) bond motifs is 1. The molecule has 8 heteroatoms. The number of carbonyl (C=O) groups is 2. The second-order valence-electron chi connectivity index (χ2n) is 7.82. The van der Waals surface area contributed by atoms with E-state index >= 15 is 0 Å². The molecule has 1 saturated heterocycles. The highest BCUT2D eigenvalue weighted by molar-refractivity contribution is 6.46. The molecular weight excluding hydrogens is 399 g/mol. The molecule has 0 spiro atoms. The lowest BCUT2D eigenvalue weighted by atomic mass is 9.96. The fourth-order valence-electron chi connectivity index (χ4n) is 3.94. The predicted octanol–water partition coefficient (Wildman–Crippen LogP) is 2.77. The Morgan fingerprint density at radius 2 is 1.87 bits per heavy atom. The SMILES string of the molecule is Cc1nc2ccccn2c1/C(O)=C1\C(=O)C(=O)N(CCN(C)C)[C@H]1c1ccc(F)cc1. The zero-order valence-corrected chi connectivity index (χ0v) is 17.5. The minimum Gasteiger partial charge on any atom is -0.505 e. The van der Waals surface area contributed by atoms with Crippen LogP contribution in [0.25, 0.3) is 11.4 Å². The molecule has 1 aliphatic rings. The molecule has 31 heavy (non-hydrogen) atoms. The number of hydrogen-bond donors (Lipinski definition) is 1. The van der Waals surface area contributed by atoms with Crippen molar-refractivity contribution in [3.8, 4) is 0 Å². The lowest BCUT2D eigenvalue weighted by Crippen LogP contribution is -2.35. The number of aliphatic hydroxyl groups is 1. The number of aliphatic hydroxyl groups excluding tert-OH is 1. The molecule has 3 heterocycles. The molecule has 1 aromatic carbocycles. The number of imidazole rings is 1. The van der Waals surface area contributed by atoms with Crippen molar-refractivity contribution in [1.29, 1.82) is 0 Å². The third-order valence-electron chi connectivity index (χ3n) is 5.44. The van der Waals surface area contributed by atoms with Crippen molar-refractivity contribution >= 4 is 23.1 Å². The van der Waals surface area contributed by atoms with Crippen LogP contribution in [0, 0.1) is 12.7 Å². The van der Waals surface area contributed by atoms with E-state index in [9.17, 15) is 19.1 Å². The average Bonchev–Trinajstić information content (AvgIpc) is 3.20. The summed E-state index contributed by atoms with van der Waals surface area (Å²) in [4.78, 5) is 33.8. The number of carbonyl (C=O) groups excluding carboxylic acids is 2. The number of rotatable bonds is 5. The summed E-state index contributed by atoms with van der Waals surface area (Å²) in [5.74, 6) is -2.18. The van der Waals surface area contributed by atoms with Crippen LogP contribution in [0.4, 0.5) is 4.39 Å². The summed E-state index contributed by atoms with van der Waals surface area (Å²) in [6, 6.07) is 10.2. The van der Waals surface area contributed by atoms with Crippen molar-refractivity contribution in [2.45, 2.75) is 13.0 Å². The summed E-state index contributed by atoms with van der Waals surface area (Å²) in [6.45, 7) is 2.54. The van der Waals surface area contributed by atoms with Crippen LogP contribution in [0.15, 0.2) is 54.2 Å². The van der Waals surface area contributed by atoms with Gasteiger partial charge in [-0.05, 0) is 50.8 Å². The molecule has 0 radical (unpaired) electrons. The predicted molar refractivity (Wildman–Crippen MR) is 114 cm³/mol. The minimum absolute atomic E-state index is 0.0240. The van der Waals surface area contributed by atoms with Gasteiger partial charge in [-0.3, -0.25) is 14.0 Å². The van der Waals surface area contributed by atoms with E-state index in [1.165, 1.54) is 29.2 Å². The number of aryl methyl sites for hydroxylation is 1. The maximum atomic E-state index is 13.6. The number of likely N-dealkylation sites (N-methyl/N-ethyl adjacent to an activating group) is 1. The Hall–Kier alpha value is -3.52. The van der Waals surface area contributed by atoms with E-state index in [2.05, 4.69) is 4.98 Å². The molecular formula is C23H23FN4O3. The van der Waals surface area contributed by atoms with Gasteiger partial charge in [0.25, 0.3) is 11.7 Å². The molecule has 0 saturated carbocycles. The van der Waals surface area contributed by atoms with Gasteiger partial charge >= 0.3 is 0 Å². The van der Waals surface area contributed by atoms with Crippen LogP contribution >= 0.6 is 0 Å². The van der Waals surface area contributed by atoms with Crippen molar-refractivity contribution in [1.82, 2.24) is 19.2 Å². The maximum Gasteiger partial charge on any atom is 0.295 e. The van der Waals surface area contributed by atoms with Gasteiger partial charge in [-0.1, -0.05) is 18.2 Å². The smallest absolute Gasteiger partial charge is 0.295 e. The van der Waals surface area contributed by atoms with Crippen molar-refractivity contribution < 1.29 is 19.1 Å². The third-order valence-corrected chi connectivity index (χ3v) is 5.44. The zero-order chi connectivity index (χ0) is 22.3. The normalized spacial score (nSPS) is 18.5. The molecule has 1 atom stereocenters. The summed E-state index contributed by atoms with van der Waals surface area (Å²) in [5, 5.41) is 11.3. The minimum atomic E-state index is -0.825. The fourth-order valence-corrected chi connectivity index (χ4v) is 3.94. The van der Waals surface area contributed by atoms with Crippen LogP contribution in [0.3, 0.4) is 0 Å². The number of benzene rings is 1. The third kappa shape index (κ3) is 3.59. The largest absolute Gasteiger partial charge is 0.505 e. The average molecular weight is 422 g/mol. The highest BCUT2D eigenvalue weighted by atomic mass is 19.1. The molecule has 1 N–H and O–H groups in total. The lowest BCUT2D eigenvalue weighted by molar-refractivity contribution is -0.140. The van der Waals surface area contributed by atoms with Gasteiger partial charge in [-0.2, -0.15) is 0 Å². The van der Waals surface area contributed by atoms with Crippen LogP contribution < -0.4 is 0 Å². The number of pyridine rings is 1. The van der Waals surface area contributed by atoms with E-state index in [0.717, 1.165) is 0 Å². The number of halogens is 1. The molecule has 3 aromatic rings. The van der Waals surface area contributed by atoms with Crippen LogP contribution in [-0.2, 0) is 9.59 Å².